The molecule has 192 valence electrons. The van der Waals surface area contributed by atoms with E-state index < -0.39 is 29.7 Å². The Kier molecular flexibility index (Phi) is 6.22. The van der Waals surface area contributed by atoms with Gasteiger partial charge in [-0.3, -0.25) is 4.79 Å². The van der Waals surface area contributed by atoms with E-state index in [0.717, 1.165) is 16.6 Å². The molecule has 0 radical (unpaired) electrons. The number of hydrogen-bond acceptors (Lipinski definition) is 6. The van der Waals surface area contributed by atoms with Crippen LogP contribution in [0.3, 0.4) is 0 Å². The first-order valence-electron chi connectivity index (χ1n) is 11.8. The van der Waals surface area contributed by atoms with Crippen LogP contribution in [0.15, 0.2) is 65.5 Å². The zero-order valence-electron chi connectivity index (χ0n) is 19.8. The maximum Gasteiger partial charge on any atom is 0.490 e. The number of oxazole rings is 1. The van der Waals surface area contributed by atoms with Crippen LogP contribution in [-0.2, 0) is 14.3 Å². The minimum atomic E-state index is -5.20. The highest BCUT2D eigenvalue weighted by Crippen LogP contribution is 2.43. The molecule has 5 rings (SSSR count). The number of alkyl halides is 3. The van der Waals surface area contributed by atoms with Crippen molar-refractivity contribution in [2.24, 2.45) is 0 Å². The Balaban J connectivity index is 1.39. The molecule has 2 atom stereocenters. The molecule has 8 nitrogen and oxygen atoms in total. The van der Waals surface area contributed by atoms with Crippen LogP contribution in [0.4, 0.5) is 13.2 Å². The standard InChI is InChI=1S/C26H23F3N4O4/c1-2-31-23(34)25(37-24(35)26(27,28)29)12-11-18(13-25)33-15-30-14-20(33)16-7-9-17(10-8-16)22-32-19-5-3-4-6-21(19)36-22/h3-10,14-15,18H,2,11-13H2,1H3,(H,31,34)/t18-,25+/m1/s1. The molecule has 4 aromatic rings. The van der Waals surface area contributed by atoms with E-state index in [-0.39, 0.29) is 19.4 Å². The van der Waals surface area contributed by atoms with Crippen molar-refractivity contribution in [3.8, 4) is 22.7 Å². The number of fused-ring (bicyclic) bond motifs is 1. The van der Waals surface area contributed by atoms with Crippen LogP contribution in [0.2, 0.25) is 0 Å². The summed E-state index contributed by atoms with van der Waals surface area (Å²) >= 11 is 0. The van der Waals surface area contributed by atoms with Crippen molar-refractivity contribution in [2.45, 2.75) is 44.0 Å². The fourth-order valence-corrected chi connectivity index (χ4v) is 4.72. The number of hydrogen-bond donors (Lipinski definition) is 1. The zero-order valence-corrected chi connectivity index (χ0v) is 19.8. The van der Waals surface area contributed by atoms with Crippen LogP contribution in [0.25, 0.3) is 33.8 Å². The van der Waals surface area contributed by atoms with E-state index >= 15 is 0 Å². The number of amides is 1. The lowest BCUT2D eigenvalue weighted by Gasteiger charge is -2.28. The Morgan fingerprint density at radius 1 is 1.16 bits per heavy atom. The number of halogens is 3. The van der Waals surface area contributed by atoms with Crippen LogP contribution in [-0.4, -0.2) is 44.7 Å². The monoisotopic (exact) mass is 512 g/mol. The predicted octanol–water partition coefficient (Wildman–Crippen LogP) is 5.06. The third-order valence-electron chi connectivity index (χ3n) is 6.50. The van der Waals surface area contributed by atoms with Crippen LogP contribution < -0.4 is 5.32 Å². The largest absolute Gasteiger partial charge is 0.490 e. The summed E-state index contributed by atoms with van der Waals surface area (Å²) in [5.74, 6) is -2.63. The van der Waals surface area contributed by atoms with E-state index in [0.29, 0.717) is 23.6 Å². The van der Waals surface area contributed by atoms with Gasteiger partial charge in [-0.15, -0.1) is 0 Å². The second-order valence-electron chi connectivity index (χ2n) is 8.89. The molecule has 0 spiro atoms. The van der Waals surface area contributed by atoms with E-state index in [1.807, 2.05) is 48.5 Å². The highest BCUT2D eigenvalue weighted by Gasteiger charge is 2.54. The quantitative estimate of drug-likeness (QED) is 0.363. The molecule has 37 heavy (non-hydrogen) atoms. The predicted molar refractivity (Wildman–Crippen MR) is 127 cm³/mol. The SMILES string of the molecule is CCNC(=O)[C@]1(OC(=O)C(F)(F)F)CC[C@@H](n2cncc2-c2ccc(-c3nc4ccccc4o3)cc2)C1. The maximum atomic E-state index is 13.0. The van der Waals surface area contributed by atoms with Gasteiger partial charge in [-0.05, 0) is 49.6 Å². The zero-order chi connectivity index (χ0) is 26.2. The van der Waals surface area contributed by atoms with Gasteiger partial charge in [0.15, 0.2) is 11.2 Å². The Labute approximate surface area is 209 Å². The lowest BCUT2D eigenvalue weighted by atomic mass is 10.00. The van der Waals surface area contributed by atoms with Crippen molar-refractivity contribution in [3.05, 3.63) is 61.1 Å². The summed E-state index contributed by atoms with van der Waals surface area (Å²) in [6.07, 6.45) is -1.82. The van der Waals surface area contributed by atoms with Gasteiger partial charge in [0.25, 0.3) is 5.91 Å². The van der Waals surface area contributed by atoms with Crippen LogP contribution in [0.1, 0.15) is 32.2 Å². The third kappa shape index (κ3) is 4.68. The highest BCUT2D eigenvalue weighted by atomic mass is 19.4. The summed E-state index contributed by atoms with van der Waals surface area (Å²) < 4.78 is 51.3. The number of ether oxygens (including phenoxy) is 1. The summed E-state index contributed by atoms with van der Waals surface area (Å²) in [7, 11) is 0. The number of carbonyl (C=O) groups excluding carboxylic acids is 2. The fourth-order valence-electron chi connectivity index (χ4n) is 4.72. The minimum absolute atomic E-state index is 0.0421. The molecule has 1 N–H and O–H groups in total. The van der Waals surface area contributed by atoms with Gasteiger partial charge in [0.05, 0.1) is 18.2 Å². The smallest absolute Gasteiger partial charge is 0.442 e. The number of aromatic nitrogens is 3. The number of carbonyl (C=O) groups is 2. The molecule has 2 aromatic carbocycles. The van der Waals surface area contributed by atoms with Crippen molar-refractivity contribution in [1.29, 1.82) is 0 Å². The van der Waals surface area contributed by atoms with E-state index in [2.05, 4.69) is 15.3 Å². The van der Waals surface area contributed by atoms with Crippen molar-refractivity contribution in [1.82, 2.24) is 19.9 Å². The Bertz CT molecular complexity index is 1410. The van der Waals surface area contributed by atoms with Crippen molar-refractivity contribution in [3.63, 3.8) is 0 Å². The summed E-state index contributed by atoms with van der Waals surface area (Å²) in [5.41, 5.74) is 1.82. The van der Waals surface area contributed by atoms with Crippen molar-refractivity contribution in [2.75, 3.05) is 6.54 Å². The van der Waals surface area contributed by atoms with Gasteiger partial charge in [-0.25, -0.2) is 14.8 Å². The van der Waals surface area contributed by atoms with Gasteiger partial charge in [0.1, 0.15) is 5.52 Å². The van der Waals surface area contributed by atoms with E-state index in [1.165, 1.54) is 0 Å². The molecule has 1 aliphatic carbocycles. The first kappa shape index (κ1) is 24.5. The van der Waals surface area contributed by atoms with Gasteiger partial charge >= 0.3 is 12.1 Å². The first-order valence-corrected chi connectivity index (χ1v) is 11.8. The molecular formula is C26H23F3N4O4. The Hall–Kier alpha value is -4.15. The van der Waals surface area contributed by atoms with Crippen LogP contribution in [0.5, 0.6) is 0 Å². The topological polar surface area (TPSA) is 99.2 Å². The second-order valence-corrected chi connectivity index (χ2v) is 8.89. The molecule has 0 saturated heterocycles. The second kappa shape index (κ2) is 9.38. The summed E-state index contributed by atoms with van der Waals surface area (Å²) in [6.45, 7) is 1.83. The van der Waals surface area contributed by atoms with Gasteiger partial charge in [-0.1, -0.05) is 24.3 Å². The molecule has 1 aliphatic rings. The number of para-hydroxylation sites is 2. The molecule has 1 amide bonds. The number of nitrogens with one attached hydrogen (secondary N) is 1. The number of imidazole rings is 1. The molecule has 1 fully saturated rings. The fraction of sp³-hybridized carbons (Fsp3) is 0.308. The molecule has 2 heterocycles. The molecular weight excluding hydrogens is 489 g/mol. The van der Waals surface area contributed by atoms with Gasteiger partial charge in [0, 0.05) is 24.6 Å². The normalized spacial score (nSPS) is 19.7. The van der Waals surface area contributed by atoms with Crippen molar-refractivity contribution >= 4 is 23.0 Å². The summed E-state index contributed by atoms with van der Waals surface area (Å²) in [4.78, 5) is 33.1. The molecule has 0 unspecified atom stereocenters. The average Bonchev–Trinajstić information content (AvgIpc) is 3.62. The Morgan fingerprint density at radius 3 is 2.59 bits per heavy atom. The molecule has 0 bridgehead atoms. The number of likely N-dealkylation sites (N-methyl/N-ethyl adjacent to an activating group) is 1. The van der Waals surface area contributed by atoms with E-state index in [4.69, 9.17) is 9.15 Å². The number of benzene rings is 2. The third-order valence-corrected chi connectivity index (χ3v) is 6.50. The van der Waals surface area contributed by atoms with Gasteiger partial charge < -0.3 is 19.0 Å². The van der Waals surface area contributed by atoms with Gasteiger partial charge in [-0.2, -0.15) is 13.2 Å². The van der Waals surface area contributed by atoms with Crippen LogP contribution >= 0.6 is 0 Å². The summed E-state index contributed by atoms with van der Waals surface area (Å²) in [6, 6.07) is 14.5. The lowest BCUT2D eigenvalue weighted by Crippen LogP contribution is -2.50. The molecule has 1 saturated carbocycles. The molecule has 0 aliphatic heterocycles. The highest BCUT2D eigenvalue weighted by molar-refractivity contribution is 5.89. The molecule has 11 heteroatoms. The van der Waals surface area contributed by atoms with Gasteiger partial charge in [0.2, 0.25) is 5.89 Å². The molecule has 2 aromatic heterocycles. The summed E-state index contributed by atoms with van der Waals surface area (Å²) in [5, 5.41) is 2.51. The number of nitrogens with zero attached hydrogens (tertiary/aromatic N) is 3. The van der Waals surface area contributed by atoms with E-state index in [1.54, 1.807) is 24.0 Å². The minimum Gasteiger partial charge on any atom is -0.442 e. The number of rotatable bonds is 6. The first-order chi connectivity index (χ1) is 17.7. The average molecular weight is 512 g/mol. The Morgan fingerprint density at radius 2 is 1.89 bits per heavy atom. The maximum absolute atomic E-state index is 13.0. The van der Waals surface area contributed by atoms with Crippen LogP contribution in [0, 0.1) is 0 Å². The lowest BCUT2D eigenvalue weighted by molar-refractivity contribution is -0.214. The van der Waals surface area contributed by atoms with Crippen molar-refractivity contribution < 1.29 is 31.9 Å². The van der Waals surface area contributed by atoms with E-state index in [9.17, 15) is 22.8 Å². The number of esters is 1.